The number of benzene rings is 1. The molecule has 0 spiro atoms. The van der Waals surface area contributed by atoms with Crippen LogP contribution in [0.4, 0.5) is 4.39 Å². The number of carbonyl (C=O) groups is 2. The Morgan fingerprint density at radius 3 is 2.83 bits per heavy atom. The highest BCUT2D eigenvalue weighted by Crippen LogP contribution is 2.39. The lowest BCUT2D eigenvalue weighted by Crippen LogP contribution is -2.42. The van der Waals surface area contributed by atoms with E-state index in [-0.39, 0.29) is 28.7 Å². The predicted octanol–water partition coefficient (Wildman–Crippen LogP) is 3.37. The van der Waals surface area contributed by atoms with Gasteiger partial charge in [0.15, 0.2) is 5.78 Å². The molecule has 2 aromatic rings. The number of thiol groups is 1. The van der Waals surface area contributed by atoms with Crippen molar-refractivity contribution in [3.63, 3.8) is 0 Å². The third-order valence-electron chi connectivity index (χ3n) is 6.46. The number of nitrogens with one attached hydrogen (secondary N) is 1. The monoisotopic (exact) mass is 501 g/mol. The molecule has 0 bridgehead atoms. The van der Waals surface area contributed by atoms with Crippen LogP contribution >= 0.6 is 12.6 Å². The van der Waals surface area contributed by atoms with E-state index in [2.05, 4.69) is 25.5 Å². The Hall–Kier alpha value is -2.56. The molecule has 8 nitrogen and oxygen atoms in total. The minimum absolute atomic E-state index is 0.0289. The van der Waals surface area contributed by atoms with E-state index in [1.807, 2.05) is 12.3 Å². The molecule has 2 aliphatic rings. The molecule has 2 heterocycles. The van der Waals surface area contributed by atoms with Gasteiger partial charge in [-0.05, 0) is 49.8 Å². The fourth-order valence-electron chi connectivity index (χ4n) is 4.48. The minimum atomic E-state index is -0.584. The Labute approximate surface area is 210 Å². The van der Waals surface area contributed by atoms with Gasteiger partial charge < -0.3 is 0 Å². The summed E-state index contributed by atoms with van der Waals surface area (Å²) >= 11 is 4.76. The molecule has 35 heavy (non-hydrogen) atoms. The zero-order valence-electron chi connectivity index (χ0n) is 19.9. The molecule has 1 saturated carbocycles. The van der Waals surface area contributed by atoms with Crippen molar-refractivity contribution in [2.75, 3.05) is 20.2 Å². The second-order valence-corrected chi connectivity index (χ2v) is 9.81. The molecule has 2 atom stereocenters. The van der Waals surface area contributed by atoms with Gasteiger partial charge in [-0.25, -0.2) is 9.87 Å². The number of Topliss-reactive ketones (excluding diaryl/α,β-unsaturated/α-hetero) is 1. The summed E-state index contributed by atoms with van der Waals surface area (Å²) in [6, 6.07) is 6.00. The summed E-state index contributed by atoms with van der Waals surface area (Å²) in [7, 11) is 1.41. The largest absolute Gasteiger partial charge is 0.297 e. The van der Waals surface area contributed by atoms with Crippen molar-refractivity contribution in [2.24, 2.45) is 5.92 Å². The average molecular weight is 502 g/mol. The van der Waals surface area contributed by atoms with Gasteiger partial charge in [0.05, 0.1) is 19.3 Å². The molecule has 1 amide bonds. The Bertz CT molecular complexity index is 1070. The molecule has 2 unspecified atom stereocenters. The zero-order valence-corrected chi connectivity index (χ0v) is 20.8. The van der Waals surface area contributed by atoms with Gasteiger partial charge in [-0.2, -0.15) is 12.6 Å². The van der Waals surface area contributed by atoms with Crippen molar-refractivity contribution in [3.8, 4) is 0 Å². The molecule has 4 rings (SSSR count). The summed E-state index contributed by atoms with van der Waals surface area (Å²) in [5, 5.41) is 8.48. The van der Waals surface area contributed by atoms with Crippen LogP contribution in [0, 0.1) is 11.7 Å². The second kappa shape index (κ2) is 11.9. The number of halogens is 1. The fraction of sp³-hybridized carbons (Fsp3) is 0.520. The van der Waals surface area contributed by atoms with E-state index in [9.17, 15) is 14.0 Å². The number of aromatic nitrogens is 3. The first-order valence-electron chi connectivity index (χ1n) is 12.1. The summed E-state index contributed by atoms with van der Waals surface area (Å²) < 4.78 is 16.5. The maximum absolute atomic E-state index is 14.7. The van der Waals surface area contributed by atoms with Crippen molar-refractivity contribution in [1.82, 2.24) is 25.4 Å². The number of unbranched alkanes of at least 4 members (excludes halogenated alkanes) is 1. The third kappa shape index (κ3) is 6.77. The van der Waals surface area contributed by atoms with Crippen LogP contribution < -0.4 is 5.48 Å². The number of aryl methyl sites for hydroxylation is 1. The van der Waals surface area contributed by atoms with E-state index in [0.29, 0.717) is 43.7 Å². The lowest BCUT2D eigenvalue weighted by molar-refractivity contribution is -0.131. The van der Waals surface area contributed by atoms with Crippen LogP contribution in [0.5, 0.6) is 0 Å². The van der Waals surface area contributed by atoms with Crippen LogP contribution in [0.3, 0.4) is 0 Å². The minimum Gasteiger partial charge on any atom is -0.297 e. The smallest absolute Gasteiger partial charge is 0.243 e. The summed E-state index contributed by atoms with van der Waals surface area (Å²) in [6.45, 7) is 1.84. The number of amides is 1. The van der Waals surface area contributed by atoms with Crippen LogP contribution in [-0.2, 0) is 21.0 Å². The first kappa shape index (κ1) is 25.5. The molecule has 1 aliphatic heterocycles. The summed E-state index contributed by atoms with van der Waals surface area (Å²) in [6.07, 6.45) is 8.25. The molecule has 1 saturated heterocycles. The molecule has 188 valence electrons. The van der Waals surface area contributed by atoms with E-state index in [0.717, 1.165) is 31.3 Å². The molecule has 2 fully saturated rings. The molecule has 0 radical (unpaired) electrons. The number of rotatable bonds is 11. The lowest BCUT2D eigenvalue weighted by Gasteiger charge is -2.37. The lowest BCUT2D eigenvalue weighted by atomic mass is 9.93. The Balaban J connectivity index is 1.43. The predicted molar refractivity (Wildman–Crippen MR) is 133 cm³/mol. The standard InChI is InChI=1S/C25H32FN5O3S/c1-34-28-23(32)8-4-5-12-31-16-19(27-29-31)14-18-15-30(13-11-22(18)35)24(25(33)17-9-10-17)20-6-2-3-7-21(20)26/h2-3,6-7,14,16-17,22,24,35H,4-5,8-13,15H2,1H3,(H,28,32)/b18-14+. The van der Waals surface area contributed by atoms with Crippen molar-refractivity contribution in [3.05, 3.63) is 53.1 Å². The highest BCUT2D eigenvalue weighted by atomic mass is 32.1. The number of hydroxylamine groups is 1. The first-order valence-corrected chi connectivity index (χ1v) is 12.6. The SMILES string of the molecule is CONC(=O)CCCCn1cc(/C=C2\CN(C(C(=O)C3CC3)c3ccccc3F)CCC2S)nn1. The molecule has 1 aliphatic carbocycles. The number of nitrogens with zero attached hydrogens (tertiary/aromatic N) is 4. The summed E-state index contributed by atoms with van der Waals surface area (Å²) in [5.74, 6) is -0.349. The molecule has 1 N–H and O–H groups in total. The van der Waals surface area contributed by atoms with Gasteiger partial charge in [0.1, 0.15) is 11.5 Å². The van der Waals surface area contributed by atoms with Gasteiger partial charge >= 0.3 is 0 Å². The van der Waals surface area contributed by atoms with E-state index < -0.39 is 6.04 Å². The second-order valence-electron chi connectivity index (χ2n) is 9.19. The number of hydrogen-bond acceptors (Lipinski definition) is 7. The van der Waals surface area contributed by atoms with Crippen LogP contribution in [-0.4, -0.2) is 57.0 Å². The average Bonchev–Trinajstić information content (AvgIpc) is 3.60. The van der Waals surface area contributed by atoms with Gasteiger partial charge in [-0.3, -0.25) is 24.0 Å². The van der Waals surface area contributed by atoms with Gasteiger partial charge in [0, 0.05) is 42.8 Å². The van der Waals surface area contributed by atoms with Crippen LogP contribution in [0.1, 0.15) is 55.8 Å². The molecule has 1 aromatic carbocycles. The fourth-order valence-corrected chi connectivity index (χ4v) is 4.75. The highest BCUT2D eigenvalue weighted by Gasteiger charge is 2.40. The quantitative estimate of drug-likeness (QED) is 0.279. The van der Waals surface area contributed by atoms with Crippen molar-refractivity contribution >= 4 is 30.4 Å². The zero-order chi connectivity index (χ0) is 24.8. The Morgan fingerprint density at radius 2 is 2.09 bits per heavy atom. The van der Waals surface area contributed by atoms with E-state index in [1.165, 1.54) is 13.2 Å². The number of ketones is 1. The van der Waals surface area contributed by atoms with Gasteiger partial charge in [0.25, 0.3) is 0 Å². The van der Waals surface area contributed by atoms with Crippen molar-refractivity contribution in [2.45, 2.75) is 56.4 Å². The number of carbonyl (C=O) groups excluding carboxylic acids is 2. The maximum atomic E-state index is 14.7. The number of likely N-dealkylation sites (tertiary alicyclic amines) is 1. The van der Waals surface area contributed by atoms with Crippen LogP contribution in [0.15, 0.2) is 36.0 Å². The first-order chi connectivity index (χ1) is 17.0. The Morgan fingerprint density at radius 1 is 1.29 bits per heavy atom. The molecule has 10 heteroatoms. The van der Waals surface area contributed by atoms with Crippen LogP contribution in [0.25, 0.3) is 6.08 Å². The molecular weight excluding hydrogens is 469 g/mol. The van der Waals surface area contributed by atoms with E-state index in [1.54, 1.807) is 22.9 Å². The van der Waals surface area contributed by atoms with E-state index >= 15 is 0 Å². The Kier molecular flexibility index (Phi) is 8.69. The topological polar surface area (TPSA) is 89.4 Å². The van der Waals surface area contributed by atoms with Crippen molar-refractivity contribution in [1.29, 1.82) is 0 Å². The third-order valence-corrected chi connectivity index (χ3v) is 7.05. The number of hydrogen-bond donors (Lipinski definition) is 2. The molecule has 1 aromatic heterocycles. The summed E-state index contributed by atoms with van der Waals surface area (Å²) in [4.78, 5) is 31.3. The van der Waals surface area contributed by atoms with Gasteiger partial charge in [-0.1, -0.05) is 23.4 Å². The molecular formula is C25H32FN5O3S. The summed E-state index contributed by atoms with van der Waals surface area (Å²) in [5.41, 5.74) is 4.51. The maximum Gasteiger partial charge on any atom is 0.243 e. The highest BCUT2D eigenvalue weighted by molar-refractivity contribution is 7.81. The normalized spacial score (nSPS) is 20.7. The number of piperidine rings is 1. The van der Waals surface area contributed by atoms with Gasteiger partial charge in [0.2, 0.25) is 5.91 Å². The van der Waals surface area contributed by atoms with Crippen LogP contribution in [0.2, 0.25) is 0 Å². The van der Waals surface area contributed by atoms with Gasteiger partial charge in [-0.15, -0.1) is 5.10 Å². The van der Waals surface area contributed by atoms with Crippen molar-refractivity contribution < 1.29 is 18.8 Å². The van der Waals surface area contributed by atoms with E-state index in [4.69, 9.17) is 12.6 Å².